The van der Waals surface area contributed by atoms with E-state index in [-0.39, 0.29) is 5.91 Å². The minimum Gasteiger partial charge on any atom is -0.383 e. The summed E-state index contributed by atoms with van der Waals surface area (Å²) in [6.45, 7) is 2.01. The van der Waals surface area contributed by atoms with Crippen LogP contribution in [-0.2, 0) is 4.74 Å². The van der Waals surface area contributed by atoms with E-state index in [1.165, 1.54) is 0 Å². The molecule has 20 heavy (non-hydrogen) atoms. The Hall–Kier alpha value is -1.68. The van der Waals surface area contributed by atoms with Gasteiger partial charge in [-0.3, -0.25) is 9.78 Å². The van der Waals surface area contributed by atoms with Gasteiger partial charge in [-0.15, -0.1) is 0 Å². The molecule has 0 fully saturated rings. The van der Waals surface area contributed by atoms with Crippen LogP contribution in [0.4, 0.5) is 0 Å². The number of allylic oxidation sites excluding steroid dienone is 2. The Morgan fingerprint density at radius 3 is 2.85 bits per heavy atom. The van der Waals surface area contributed by atoms with E-state index >= 15 is 0 Å². The molecule has 0 aromatic carbocycles. The van der Waals surface area contributed by atoms with Crippen LogP contribution in [-0.4, -0.2) is 42.6 Å². The summed E-state index contributed by atoms with van der Waals surface area (Å²) in [7, 11) is 1.67. The van der Waals surface area contributed by atoms with Gasteiger partial charge < -0.3 is 9.64 Å². The van der Waals surface area contributed by atoms with Crippen LogP contribution >= 0.6 is 0 Å². The predicted octanol–water partition coefficient (Wildman–Crippen LogP) is 2.53. The first kappa shape index (κ1) is 14.7. The summed E-state index contributed by atoms with van der Waals surface area (Å²) < 4.78 is 5.13. The molecule has 0 bridgehead atoms. The minimum atomic E-state index is 0.0685. The lowest BCUT2D eigenvalue weighted by molar-refractivity contribution is 0.0658. The van der Waals surface area contributed by atoms with Gasteiger partial charge in [-0.2, -0.15) is 0 Å². The zero-order chi connectivity index (χ0) is 14.2. The van der Waals surface area contributed by atoms with Gasteiger partial charge in [0, 0.05) is 38.2 Å². The van der Waals surface area contributed by atoms with Gasteiger partial charge >= 0.3 is 0 Å². The van der Waals surface area contributed by atoms with Crippen LogP contribution in [0.3, 0.4) is 0 Å². The number of rotatable bonds is 6. The maximum absolute atomic E-state index is 12.5. The lowest BCUT2D eigenvalue weighted by atomic mass is 9.94. The molecule has 1 aromatic heterocycles. The largest absolute Gasteiger partial charge is 0.383 e. The molecule has 0 saturated heterocycles. The van der Waals surface area contributed by atoms with E-state index in [1.807, 2.05) is 4.90 Å². The average molecular weight is 274 g/mol. The number of aromatic nitrogens is 1. The fourth-order valence-corrected chi connectivity index (χ4v) is 2.49. The van der Waals surface area contributed by atoms with Crippen molar-refractivity contribution in [1.29, 1.82) is 0 Å². The van der Waals surface area contributed by atoms with E-state index in [0.29, 0.717) is 24.6 Å². The first-order valence-electron chi connectivity index (χ1n) is 7.14. The SMILES string of the molecule is COCCN(C[C@H]1CC=CCC1)C(=O)c1ccncc1. The molecule has 108 valence electrons. The van der Waals surface area contributed by atoms with Crippen molar-refractivity contribution in [3.8, 4) is 0 Å². The number of pyridine rings is 1. The summed E-state index contributed by atoms with van der Waals surface area (Å²) >= 11 is 0. The van der Waals surface area contributed by atoms with E-state index in [4.69, 9.17) is 4.74 Å². The number of nitrogens with zero attached hydrogens (tertiary/aromatic N) is 2. The van der Waals surface area contributed by atoms with Crippen LogP contribution in [0.15, 0.2) is 36.7 Å². The highest BCUT2D eigenvalue weighted by Crippen LogP contribution is 2.20. The normalized spacial score (nSPS) is 17.9. The topological polar surface area (TPSA) is 42.4 Å². The fourth-order valence-electron chi connectivity index (χ4n) is 2.49. The van der Waals surface area contributed by atoms with E-state index in [1.54, 1.807) is 31.6 Å². The zero-order valence-electron chi connectivity index (χ0n) is 12.0. The van der Waals surface area contributed by atoms with Crippen LogP contribution in [0, 0.1) is 5.92 Å². The molecule has 0 saturated carbocycles. The quantitative estimate of drug-likeness (QED) is 0.749. The van der Waals surface area contributed by atoms with Crippen LogP contribution in [0.25, 0.3) is 0 Å². The molecule has 4 nitrogen and oxygen atoms in total. The molecule has 1 amide bonds. The maximum Gasteiger partial charge on any atom is 0.254 e. The molecule has 0 spiro atoms. The van der Waals surface area contributed by atoms with Crippen molar-refractivity contribution in [2.24, 2.45) is 5.92 Å². The first-order valence-corrected chi connectivity index (χ1v) is 7.14. The van der Waals surface area contributed by atoms with Gasteiger partial charge in [-0.05, 0) is 37.3 Å². The fraction of sp³-hybridized carbons (Fsp3) is 0.500. The third kappa shape index (κ3) is 4.17. The van der Waals surface area contributed by atoms with Crippen molar-refractivity contribution in [2.45, 2.75) is 19.3 Å². The molecule has 1 aliphatic rings. The first-order chi connectivity index (χ1) is 9.81. The lowest BCUT2D eigenvalue weighted by Crippen LogP contribution is -2.38. The Bertz CT molecular complexity index is 445. The van der Waals surface area contributed by atoms with Gasteiger partial charge in [0.1, 0.15) is 0 Å². The van der Waals surface area contributed by atoms with Crippen molar-refractivity contribution in [2.75, 3.05) is 26.8 Å². The number of hydrogen-bond acceptors (Lipinski definition) is 3. The molecule has 1 heterocycles. The molecule has 1 atom stereocenters. The van der Waals surface area contributed by atoms with Gasteiger partial charge in [0.15, 0.2) is 0 Å². The smallest absolute Gasteiger partial charge is 0.254 e. The molecule has 0 aliphatic heterocycles. The summed E-state index contributed by atoms with van der Waals surface area (Å²) in [6, 6.07) is 3.53. The van der Waals surface area contributed by atoms with Crippen molar-refractivity contribution in [3.63, 3.8) is 0 Å². The second-order valence-corrected chi connectivity index (χ2v) is 5.13. The van der Waals surface area contributed by atoms with Gasteiger partial charge in [-0.1, -0.05) is 12.2 Å². The average Bonchev–Trinajstić information content (AvgIpc) is 2.52. The highest BCUT2D eigenvalue weighted by molar-refractivity contribution is 5.94. The number of hydrogen-bond donors (Lipinski definition) is 0. The van der Waals surface area contributed by atoms with Crippen molar-refractivity contribution in [3.05, 3.63) is 42.2 Å². The molecular formula is C16H22N2O2. The van der Waals surface area contributed by atoms with E-state index in [2.05, 4.69) is 17.1 Å². The van der Waals surface area contributed by atoms with E-state index < -0.39 is 0 Å². The highest BCUT2D eigenvalue weighted by atomic mass is 16.5. The van der Waals surface area contributed by atoms with Gasteiger partial charge in [0.25, 0.3) is 5.91 Å². The third-order valence-corrected chi connectivity index (χ3v) is 3.64. The molecule has 0 unspecified atom stereocenters. The summed E-state index contributed by atoms with van der Waals surface area (Å²) in [5.41, 5.74) is 0.697. The summed E-state index contributed by atoms with van der Waals surface area (Å²) in [4.78, 5) is 18.4. The van der Waals surface area contributed by atoms with Crippen molar-refractivity contribution < 1.29 is 9.53 Å². The molecular weight excluding hydrogens is 252 g/mol. The van der Waals surface area contributed by atoms with E-state index in [9.17, 15) is 4.79 Å². The van der Waals surface area contributed by atoms with Crippen LogP contribution in [0.1, 0.15) is 29.6 Å². The Kier molecular flexibility index (Phi) is 5.74. The van der Waals surface area contributed by atoms with Crippen LogP contribution in [0.2, 0.25) is 0 Å². The molecule has 2 rings (SSSR count). The molecule has 0 N–H and O–H groups in total. The second-order valence-electron chi connectivity index (χ2n) is 5.13. The highest BCUT2D eigenvalue weighted by Gasteiger charge is 2.20. The number of carbonyl (C=O) groups is 1. The monoisotopic (exact) mass is 274 g/mol. The standard InChI is InChI=1S/C16H22N2O2/c1-20-12-11-18(13-14-5-3-2-4-6-14)16(19)15-7-9-17-10-8-15/h2-3,7-10,14H,4-6,11-13H2,1H3/t14-/m0/s1. The summed E-state index contributed by atoms with van der Waals surface area (Å²) in [5.74, 6) is 0.627. The predicted molar refractivity (Wildman–Crippen MR) is 78.5 cm³/mol. The van der Waals surface area contributed by atoms with Gasteiger partial charge in [0.2, 0.25) is 0 Å². The molecule has 0 radical (unpaired) electrons. The Morgan fingerprint density at radius 1 is 1.40 bits per heavy atom. The Labute approximate surface area is 120 Å². The van der Waals surface area contributed by atoms with Crippen LogP contribution in [0.5, 0.6) is 0 Å². The Balaban J connectivity index is 2.02. The summed E-state index contributed by atoms with van der Waals surface area (Å²) in [5, 5.41) is 0. The Morgan fingerprint density at radius 2 is 2.20 bits per heavy atom. The molecule has 4 heteroatoms. The van der Waals surface area contributed by atoms with Gasteiger partial charge in [-0.25, -0.2) is 0 Å². The summed E-state index contributed by atoms with van der Waals surface area (Å²) in [6.07, 6.45) is 11.1. The lowest BCUT2D eigenvalue weighted by Gasteiger charge is -2.28. The third-order valence-electron chi connectivity index (χ3n) is 3.64. The number of methoxy groups -OCH3 is 1. The number of carbonyl (C=O) groups excluding carboxylic acids is 1. The minimum absolute atomic E-state index is 0.0685. The van der Waals surface area contributed by atoms with Crippen molar-refractivity contribution in [1.82, 2.24) is 9.88 Å². The van der Waals surface area contributed by atoms with E-state index in [0.717, 1.165) is 25.8 Å². The zero-order valence-corrected chi connectivity index (χ0v) is 12.0. The van der Waals surface area contributed by atoms with Crippen LogP contribution < -0.4 is 0 Å². The maximum atomic E-state index is 12.5. The van der Waals surface area contributed by atoms with Gasteiger partial charge in [0.05, 0.1) is 6.61 Å². The molecule has 1 aliphatic carbocycles. The second kappa shape index (κ2) is 7.80. The molecule has 1 aromatic rings. The number of ether oxygens (including phenoxy) is 1. The number of amides is 1. The van der Waals surface area contributed by atoms with Crippen molar-refractivity contribution >= 4 is 5.91 Å².